The van der Waals surface area contributed by atoms with Gasteiger partial charge in [0.05, 0.1) is 0 Å². The molecule has 0 aromatic heterocycles. The first kappa shape index (κ1) is 12.0. The minimum atomic E-state index is -3.12. The number of hydrogen-bond acceptors (Lipinski definition) is 2. The Hall–Kier alpha value is -0.110. The van der Waals surface area contributed by atoms with E-state index in [1.807, 2.05) is 26.8 Å². The van der Waals surface area contributed by atoms with Crippen LogP contribution in [0.1, 0.15) is 33.6 Å². The highest BCUT2D eigenvalue weighted by molar-refractivity contribution is 7.62. The van der Waals surface area contributed by atoms with Crippen molar-refractivity contribution in [3.8, 4) is 0 Å². The Bertz CT molecular complexity index is 291. The van der Waals surface area contributed by atoms with E-state index < -0.39 is 7.37 Å². The molecule has 1 rings (SSSR count). The summed E-state index contributed by atoms with van der Waals surface area (Å²) in [5, 5.41) is 0.680. The van der Waals surface area contributed by atoms with Gasteiger partial charge < -0.3 is 10.6 Å². The molecule has 3 nitrogen and oxygen atoms in total. The van der Waals surface area contributed by atoms with Gasteiger partial charge in [-0.15, -0.1) is 0 Å². The summed E-state index contributed by atoms with van der Waals surface area (Å²) >= 11 is 0. The van der Waals surface area contributed by atoms with Crippen molar-refractivity contribution >= 4 is 7.37 Å². The van der Waals surface area contributed by atoms with Crippen LogP contribution in [0, 0.1) is 5.41 Å². The molecular formula is C10H20NO2P. The highest BCUT2D eigenvalue weighted by Crippen LogP contribution is 2.56. The number of nitrogens with two attached hydrogens (primary N) is 1. The number of rotatable bonds is 2. The second-order valence-electron chi connectivity index (χ2n) is 5.32. The zero-order valence-electron chi connectivity index (χ0n) is 9.16. The van der Waals surface area contributed by atoms with Crippen molar-refractivity contribution < 1.29 is 9.46 Å². The molecule has 0 saturated carbocycles. The van der Waals surface area contributed by atoms with Crippen LogP contribution in [0.2, 0.25) is 0 Å². The first-order chi connectivity index (χ1) is 6.21. The maximum absolute atomic E-state index is 12.0. The van der Waals surface area contributed by atoms with Crippen LogP contribution in [0.4, 0.5) is 0 Å². The Morgan fingerprint density at radius 2 is 2.21 bits per heavy atom. The van der Waals surface area contributed by atoms with Crippen molar-refractivity contribution in [3.05, 3.63) is 11.4 Å². The maximum atomic E-state index is 12.0. The normalized spacial score (nSPS) is 27.2. The monoisotopic (exact) mass is 217 g/mol. The highest BCUT2D eigenvalue weighted by atomic mass is 31.2. The van der Waals surface area contributed by atoms with Gasteiger partial charge >= 0.3 is 0 Å². The smallest absolute Gasteiger partial charge is 0.225 e. The molecule has 0 saturated heterocycles. The summed E-state index contributed by atoms with van der Waals surface area (Å²) < 4.78 is 12.0. The molecule has 14 heavy (non-hydrogen) atoms. The molecule has 0 fully saturated rings. The van der Waals surface area contributed by atoms with Crippen LogP contribution in [0.5, 0.6) is 0 Å². The molecule has 0 heterocycles. The predicted molar refractivity (Wildman–Crippen MR) is 59.4 cm³/mol. The van der Waals surface area contributed by atoms with Gasteiger partial charge in [0.25, 0.3) is 0 Å². The van der Waals surface area contributed by atoms with Crippen LogP contribution in [-0.4, -0.2) is 17.1 Å². The molecule has 82 valence electrons. The van der Waals surface area contributed by atoms with Crippen LogP contribution in [0.25, 0.3) is 0 Å². The molecule has 2 atom stereocenters. The molecule has 3 N–H and O–H groups in total. The van der Waals surface area contributed by atoms with Crippen LogP contribution >= 0.6 is 7.37 Å². The van der Waals surface area contributed by atoms with Crippen LogP contribution in [-0.2, 0) is 4.57 Å². The van der Waals surface area contributed by atoms with Crippen molar-refractivity contribution in [1.29, 1.82) is 0 Å². The highest BCUT2D eigenvalue weighted by Gasteiger charge is 2.32. The molecule has 1 aliphatic rings. The summed E-state index contributed by atoms with van der Waals surface area (Å²) in [6.07, 6.45) is 3.52. The molecule has 0 amide bonds. The summed E-state index contributed by atoms with van der Waals surface area (Å²) in [7, 11) is -3.12. The first-order valence-corrected chi connectivity index (χ1v) is 6.82. The van der Waals surface area contributed by atoms with E-state index in [1.54, 1.807) is 0 Å². The third-order valence-corrected chi connectivity index (χ3v) is 4.91. The zero-order chi connectivity index (χ0) is 11.0. The predicted octanol–water partition coefficient (Wildman–Crippen LogP) is 2.31. The molecule has 0 aromatic carbocycles. The zero-order valence-corrected chi connectivity index (χ0v) is 10.1. The Morgan fingerprint density at radius 1 is 1.64 bits per heavy atom. The largest absolute Gasteiger partial charge is 0.341 e. The van der Waals surface area contributed by atoms with Crippen molar-refractivity contribution in [3.63, 3.8) is 0 Å². The fraction of sp³-hybridized carbons (Fsp3) is 0.800. The van der Waals surface area contributed by atoms with E-state index in [0.717, 1.165) is 6.42 Å². The molecule has 0 bridgehead atoms. The van der Waals surface area contributed by atoms with E-state index in [1.165, 1.54) is 0 Å². The fourth-order valence-electron chi connectivity index (χ4n) is 1.75. The van der Waals surface area contributed by atoms with Gasteiger partial charge in [-0.3, -0.25) is 4.57 Å². The van der Waals surface area contributed by atoms with Crippen LogP contribution in [0.15, 0.2) is 11.4 Å². The van der Waals surface area contributed by atoms with Gasteiger partial charge in [-0.25, -0.2) is 0 Å². The quantitative estimate of drug-likeness (QED) is 0.697. The first-order valence-electron chi connectivity index (χ1n) is 4.98. The van der Waals surface area contributed by atoms with Crippen molar-refractivity contribution in [1.82, 2.24) is 0 Å². The minimum Gasteiger partial charge on any atom is -0.341 e. The lowest BCUT2D eigenvalue weighted by Gasteiger charge is -2.23. The average molecular weight is 217 g/mol. The molecular weight excluding hydrogens is 197 g/mol. The van der Waals surface area contributed by atoms with Gasteiger partial charge in [0.1, 0.15) is 0 Å². The van der Waals surface area contributed by atoms with Crippen molar-refractivity contribution in [2.24, 2.45) is 11.1 Å². The third-order valence-electron chi connectivity index (χ3n) is 2.27. The Balaban J connectivity index is 2.72. The average Bonchev–Trinajstić information content (AvgIpc) is 2.29. The maximum Gasteiger partial charge on any atom is 0.225 e. The Labute approximate surface area is 85.8 Å². The summed E-state index contributed by atoms with van der Waals surface area (Å²) in [5.41, 5.74) is 5.59. The van der Waals surface area contributed by atoms with Crippen LogP contribution < -0.4 is 5.73 Å². The van der Waals surface area contributed by atoms with Gasteiger partial charge in [0, 0.05) is 17.5 Å². The lowest BCUT2D eigenvalue weighted by molar-refractivity contribution is 0.422. The summed E-state index contributed by atoms with van der Waals surface area (Å²) in [4.78, 5) is 9.90. The second kappa shape index (κ2) is 3.80. The molecule has 1 aliphatic carbocycles. The molecule has 0 spiro atoms. The topological polar surface area (TPSA) is 63.3 Å². The lowest BCUT2D eigenvalue weighted by atomic mass is 10.0. The Kier molecular flexibility index (Phi) is 3.25. The SMILES string of the molecule is CC(C)(C)CP(=O)(O)C1=CCC(N)C1. The van der Waals surface area contributed by atoms with Gasteiger partial charge in [-0.1, -0.05) is 26.8 Å². The van der Waals surface area contributed by atoms with E-state index in [4.69, 9.17) is 5.73 Å². The Morgan fingerprint density at radius 3 is 2.57 bits per heavy atom. The van der Waals surface area contributed by atoms with Crippen LogP contribution in [0.3, 0.4) is 0 Å². The third kappa shape index (κ3) is 3.23. The van der Waals surface area contributed by atoms with E-state index >= 15 is 0 Å². The van der Waals surface area contributed by atoms with E-state index in [9.17, 15) is 9.46 Å². The number of hydrogen-bond donors (Lipinski definition) is 2. The molecule has 4 heteroatoms. The minimum absolute atomic E-state index is 0.0467. The lowest BCUT2D eigenvalue weighted by Crippen LogP contribution is -2.16. The van der Waals surface area contributed by atoms with E-state index in [2.05, 4.69) is 0 Å². The van der Waals surface area contributed by atoms with Gasteiger partial charge in [-0.05, 0) is 18.3 Å². The summed E-state index contributed by atoms with van der Waals surface area (Å²) in [6.45, 7) is 5.93. The van der Waals surface area contributed by atoms with Gasteiger partial charge in [-0.2, -0.15) is 0 Å². The van der Waals surface area contributed by atoms with Gasteiger partial charge in [0.2, 0.25) is 7.37 Å². The second-order valence-corrected chi connectivity index (χ2v) is 7.61. The fourth-order valence-corrected chi connectivity index (χ4v) is 4.15. The molecule has 2 unspecified atom stereocenters. The van der Waals surface area contributed by atoms with Crippen molar-refractivity contribution in [2.45, 2.75) is 39.7 Å². The van der Waals surface area contributed by atoms with E-state index in [0.29, 0.717) is 17.9 Å². The molecule has 0 radical (unpaired) electrons. The molecule has 0 aromatic rings. The van der Waals surface area contributed by atoms with E-state index in [-0.39, 0.29) is 11.5 Å². The van der Waals surface area contributed by atoms with Gasteiger partial charge in [0.15, 0.2) is 0 Å². The molecule has 0 aliphatic heterocycles. The standard InChI is InChI=1S/C10H20NO2P/c1-10(2,3)7-14(12,13)9-5-4-8(11)6-9/h5,8H,4,6-7,11H2,1-3H3,(H,12,13). The summed E-state index contributed by atoms with van der Waals surface area (Å²) in [6, 6.07) is 0.0467. The van der Waals surface area contributed by atoms with Crippen molar-refractivity contribution in [2.75, 3.05) is 6.16 Å². The summed E-state index contributed by atoms with van der Waals surface area (Å²) in [5.74, 6) is 0.